The summed E-state index contributed by atoms with van der Waals surface area (Å²) >= 11 is 0. The van der Waals surface area contributed by atoms with Gasteiger partial charge in [0.15, 0.2) is 0 Å². The SMILES string of the molecule is CNC1c2cc(OC)ccc2CCC1OCCC(C)(C)C. The quantitative estimate of drug-likeness (QED) is 0.897. The Morgan fingerprint density at radius 3 is 2.67 bits per heavy atom. The summed E-state index contributed by atoms with van der Waals surface area (Å²) < 4.78 is 11.6. The lowest BCUT2D eigenvalue weighted by Gasteiger charge is -2.34. The summed E-state index contributed by atoms with van der Waals surface area (Å²) in [4.78, 5) is 0. The van der Waals surface area contributed by atoms with E-state index in [0.717, 1.165) is 31.6 Å². The molecule has 118 valence electrons. The van der Waals surface area contributed by atoms with Crippen LogP contribution in [0.15, 0.2) is 18.2 Å². The highest BCUT2D eigenvalue weighted by atomic mass is 16.5. The second-order valence-corrected chi connectivity index (χ2v) is 7.09. The van der Waals surface area contributed by atoms with Crippen molar-refractivity contribution in [1.82, 2.24) is 5.32 Å². The van der Waals surface area contributed by atoms with Crippen molar-refractivity contribution in [2.24, 2.45) is 5.41 Å². The summed E-state index contributed by atoms with van der Waals surface area (Å²) in [6.45, 7) is 7.60. The van der Waals surface area contributed by atoms with Gasteiger partial charge in [-0.1, -0.05) is 26.8 Å². The Hall–Kier alpha value is -1.06. The minimum atomic E-state index is 0.247. The van der Waals surface area contributed by atoms with Gasteiger partial charge in [0.1, 0.15) is 5.75 Å². The molecule has 2 unspecified atom stereocenters. The van der Waals surface area contributed by atoms with E-state index >= 15 is 0 Å². The highest BCUT2D eigenvalue weighted by molar-refractivity contribution is 5.40. The van der Waals surface area contributed by atoms with Gasteiger partial charge >= 0.3 is 0 Å². The molecule has 1 aliphatic rings. The van der Waals surface area contributed by atoms with E-state index in [4.69, 9.17) is 9.47 Å². The van der Waals surface area contributed by atoms with Crippen LogP contribution in [0.25, 0.3) is 0 Å². The molecule has 0 heterocycles. The number of nitrogens with one attached hydrogen (secondary N) is 1. The summed E-state index contributed by atoms with van der Waals surface area (Å²) in [7, 11) is 3.73. The maximum atomic E-state index is 6.19. The zero-order chi connectivity index (χ0) is 15.5. The molecule has 3 nitrogen and oxygen atoms in total. The van der Waals surface area contributed by atoms with E-state index in [9.17, 15) is 0 Å². The molecule has 0 aromatic heterocycles. The molecule has 1 N–H and O–H groups in total. The molecule has 3 heteroatoms. The lowest BCUT2D eigenvalue weighted by Crippen LogP contribution is -2.36. The second-order valence-electron chi connectivity index (χ2n) is 7.09. The van der Waals surface area contributed by atoms with Crippen LogP contribution in [-0.4, -0.2) is 26.9 Å². The third kappa shape index (κ3) is 4.21. The van der Waals surface area contributed by atoms with E-state index in [1.165, 1.54) is 11.1 Å². The van der Waals surface area contributed by atoms with Crippen molar-refractivity contribution < 1.29 is 9.47 Å². The fourth-order valence-electron chi connectivity index (χ4n) is 2.92. The number of hydrogen-bond donors (Lipinski definition) is 1. The van der Waals surface area contributed by atoms with Crippen LogP contribution in [0.4, 0.5) is 0 Å². The number of methoxy groups -OCH3 is 1. The molecule has 0 bridgehead atoms. The van der Waals surface area contributed by atoms with E-state index in [2.05, 4.69) is 38.2 Å². The van der Waals surface area contributed by atoms with Gasteiger partial charge in [0, 0.05) is 6.61 Å². The Bertz CT molecular complexity index is 465. The van der Waals surface area contributed by atoms with Crippen molar-refractivity contribution in [2.45, 2.75) is 52.2 Å². The molecular weight excluding hydrogens is 262 g/mol. The molecule has 0 amide bonds. The first kappa shape index (κ1) is 16.3. The molecule has 0 fully saturated rings. The van der Waals surface area contributed by atoms with Gasteiger partial charge in [-0.2, -0.15) is 0 Å². The van der Waals surface area contributed by atoms with Crippen molar-refractivity contribution in [1.29, 1.82) is 0 Å². The highest BCUT2D eigenvalue weighted by Gasteiger charge is 2.29. The lowest BCUT2D eigenvalue weighted by atomic mass is 9.85. The van der Waals surface area contributed by atoms with Gasteiger partial charge in [-0.15, -0.1) is 0 Å². The number of benzene rings is 1. The van der Waals surface area contributed by atoms with Crippen molar-refractivity contribution in [2.75, 3.05) is 20.8 Å². The van der Waals surface area contributed by atoms with Gasteiger partial charge in [0.2, 0.25) is 0 Å². The van der Waals surface area contributed by atoms with E-state index < -0.39 is 0 Å². The molecule has 0 aliphatic heterocycles. The first-order valence-electron chi connectivity index (χ1n) is 7.90. The van der Waals surface area contributed by atoms with Crippen LogP contribution >= 0.6 is 0 Å². The van der Waals surface area contributed by atoms with Gasteiger partial charge in [-0.3, -0.25) is 0 Å². The van der Waals surface area contributed by atoms with Crippen LogP contribution in [-0.2, 0) is 11.2 Å². The topological polar surface area (TPSA) is 30.5 Å². The second kappa shape index (κ2) is 6.80. The Balaban J connectivity index is 2.08. The number of aryl methyl sites for hydroxylation is 1. The average molecular weight is 291 g/mol. The van der Waals surface area contributed by atoms with E-state index in [0.29, 0.717) is 5.41 Å². The van der Waals surface area contributed by atoms with Crippen molar-refractivity contribution >= 4 is 0 Å². The predicted molar refractivity (Wildman–Crippen MR) is 86.9 cm³/mol. The molecule has 0 saturated carbocycles. The van der Waals surface area contributed by atoms with E-state index in [-0.39, 0.29) is 12.1 Å². The number of fused-ring (bicyclic) bond motifs is 1. The minimum Gasteiger partial charge on any atom is -0.497 e. The summed E-state index contributed by atoms with van der Waals surface area (Å²) in [6.07, 6.45) is 3.49. The predicted octanol–water partition coefficient (Wildman–Crippen LogP) is 3.72. The summed E-state index contributed by atoms with van der Waals surface area (Å²) in [6, 6.07) is 6.63. The highest BCUT2D eigenvalue weighted by Crippen LogP contribution is 2.34. The molecule has 1 aromatic carbocycles. The van der Waals surface area contributed by atoms with Crippen LogP contribution in [0.3, 0.4) is 0 Å². The van der Waals surface area contributed by atoms with Gasteiger partial charge in [-0.05, 0) is 55.0 Å². The molecule has 0 saturated heterocycles. The van der Waals surface area contributed by atoms with Crippen LogP contribution in [0, 0.1) is 5.41 Å². The zero-order valence-corrected chi connectivity index (χ0v) is 14.0. The largest absolute Gasteiger partial charge is 0.497 e. The van der Waals surface area contributed by atoms with Crippen LogP contribution < -0.4 is 10.1 Å². The van der Waals surface area contributed by atoms with E-state index in [1.807, 2.05) is 13.1 Å². The van der Waals surface area contributed by atoms with Crippen LogP contribution in [0.1, 0.15) is 50.8 Å². The summed E-state index contributed by atoms with van der Waals surface area (Å²) in [5, 5.41) is 3.43. The first-order chi connectivity index (χ1) is 9.94. The van der Waals surface area contributed by atoms with Crippen LogP contribution in [0.2, 0.25) is 0 Å². The van der Waals surface area contributed by atoms with E-state index in [1.54, 1.807) is 7.11 Å². The molecular formula is C18H29NO2. The van der Waals surface area contributed by atoms with Gasteiger partial charge in [0.25, 0.3) is 0 Å². The van der Waals surface area contributed by atoms with Gasteiger partial charge in [-0.25, -0.2) is 0 Å². The maximum Gasteiger partial charge on any atom is 0.119 e. The van der Waals surface area contributed by atoms with Gasteiger partial charge < -0.3 is 14.8 Å². The molecule has 21 heavy (non-hydrogen) atoms. The third-order valence-corrected chi connectivity index (χ3v) is 4.25. The fraction of sp³-hybridized carbons (Fsp3) is 0.667. The number of ether oxygens (including phenoxy) is 2. The number of rotatable bonds is 5. The van der Waals surface area contributed by atoms with Crippen LogP contribution in [0.5, 0.6) is 5.75 Å². The smallest absolute Gasteiger partial charge is 0.119 e. The van der Waals surface area contributed by atoms with Crippen molar-refractivity contribution in [3.05, 3.63) is 29.3 Å². The molecule has 2 rings (SSSR count). The molecule has 0 radical (unpaired) electrons. The number of likely N-dealkylation sites (N-methyl/N-ethyl adjacent to an activating group) is 1. The monoisotopic (exact) mass is 291 g/mol. The number of hydrogen-bond acceptors (Lipinski definition) is 3. The summed E-state index contributed by atoms with van der Waals surface area (Å²) in [5.41, 5.74) is 3.06. The standard InChI is InChI=1S/C18H29NO2/c1-18(2,3)10-11-21-16-9-7-13-6-8-14(20-5)12-15(13)17(16)19-4/h6,8,12,16-17,19H,7,9-11H2,1-5H3. The fourth-order valence-corrected chi connectivity index (χ4v) is 2.92. The van der Waals surface area contributed by atoms with Crippen molar-refractivity contribution in [3.63, 3.8) is 0 Å². The van der Waals surface area contributed by atoms with Gasteiger partial charge in [0.05, 0.1) is 19.3 Å². The van der Waals surface area contributed by atoms with Crippen molar-refractivity contribution in [3.8, 4) is 5.75 Å². The Labute approximate surface area is 129 Å². The minimum absolute atomic E-state index is 0.247. The molecule has 2 atom stereocenters. The Kier molecular flexibility index (Phi) is 5.28. The average Bonchev–Trinajstić information content (AvgIpc) is 2.45. The first-order valence-corrected chi connectivity index (χ1v) is 7.90. The maximum absolute atomic E-state index is 6.19. The Morgan fingerprint density at radius 1 is 1.29 bits per heavy atom. The molecule has 1 aliphatic carbocycles. The normalized spacial score (nSPS) is 22.0. The molecule has 0 spiro atoms. The Morgan fingerprint density at radius 2 is 2.05 bits per heavy atom. The molecule has 1 aromatic rings. The third-order valence-electron chi connectivity index (χ3n) is 4.25. The summed E-state index contributed by atoms with van der Waals surface area (Å²) in [5.74, 6) is 0.921. The lowest BCUT2D eigenvalue weighted by molar-refractivity contribution is 0.00576. The zero-order valence-electron chi connectivity index (χ0n) is 14.0.